The lowest BCUT2D eigenvalue weighted by Crippen LogP contribution is -2.38. The third-order valence-electron chi connectivity index (χ3n) is 2.27. The quantitative estimate of drug-likeness (QED) is 0.545. The van der Waals surface area contributed by atoms with E-state index in [1.54, 1.807) is 0 Å². The standard InChI is InChI=1S/C10H25N3/c1-6-12(5)8-9-13(7-2)10-11(3)4/h6-10H2,1-5H3. The summed E-state index contributed by atoms with van der Waals surface area (Å²) >= 11 is 0. The third-order valence-corrected chi connectivity index (χ3v) is 2.27. The average molecular weight is 187 g/mol. The molecule has 13 heavy (non-hydrogen) atoms. The van der Waals surface area contributed by atoms with E-state index >= 15 is 0 Å². The van der Waals surface area contributed by atoms with Crippen LogP contribution in [-0.2, 0) is 0 Å². The highest BCUT2D eigenvalue weighted by molar-refractivity contribution is 4.57. The highest BCUT2D eigenvalue weighted by atomic mass is 15.3. The van der Waals surface area contributed by atoms with Crippen LogP contribution >= 0.6 is 0 Å². The van der Waals surface area contributed by atoms with Crippen molar-refractivity contribution in [1.29, 1.82) is 0 Å². The first-order valence-electron chi connectivity index (χ1n) is 5.15. The Morgan fingerprint density at radius 2 is 1.46 bits per heavy atom. The van der Waals surface area contributed by atoms with E-state index in [0.29, 0.717) is 0 Å². The predicted molar refractivity (Wildman–Crippen MR) is 59.0 cm³/mol. The Balaban J connectivity index is 3.59. The monoisotopic (exact) mass is 187 g/mol. The summed E-state index contributed by atoms with van der Waals surface area (Å²) in [7, 11) is 6.40. The van der Waals surface area contributed by atoms with Gasteiger partial charge in [-0.1, -0.05) is 13.8 Å². The van der Waals surface area contributed by atoms with E-state index in [-0.39, 0.29) is 0 Å². The topological polar surface area (TPSA) is 9.72 Å². The van der Waals surface area contributed by atoms with Crippen molar-refractivity contribution in [2.45, 2.75) is 13.8 Å². The Labute approximate surface area is 83.3 Å². The van der Waals surface area contributed by atoms with Crippen LogP contribution in [0.25, 0.3) is 0 Å². The Morgan fingerprint density at radius 3 is 1.85 bits per heavy atom. The molecule has 0 N–H and O–H groups in total. The van der Waals surface area contributed by atoms with E-state index in [2.05, 4.69) is 49.7 Å². The van der Waals surface area contributed by atoms with E-state index in [4.69, 9.17) is 0 Å². The van der Waals surface area contributed by atoms with Crippen LogP contribution in [0.2, 0.25) is 0 Å². The van der Waals surface area contributed by atoms with Crippen molar-refractivity contribution in [3.8, 4) is 0 Å². The van der Waals surface area contributed by atoms with Crippen molar-refractivity contribution in [2.75, 3.05) is 54.0 Å². The van der Waals surface area contributed by atoms with Gasteiger partial charge in [-0.15, -0.1) is 0 Å². The number of hydrogen-bond acceptors (Lipinski definition) is 3. The van der Waals surface area contributed by atoms with Gasteiger partial charge in [0.05, 0.1) is 6.67 Å². The van der Waals surface area contributed by atoms with Gasteiger partial charge in [0, 0.05) is 13.1 Å². The molecule has 80 valence electrons. The Morgan fingerprint density at radius 1 is 0.846 bits per heavy atom. The summed E-state index contributed by atoms with van der Waals surface area (Å²) in [6, 6.07) is 0. The van der Waals surface area contributed by atoms with Gasteiger partial charge >= 0.3 is 0 Å². The number of nitrogens with zero attached hydrogens (tertiary/aromatic N) is 3. The summed E-state index contributed by atoms with van der Waals surface area (Å²) < 4.78 is 0. The Kier molecular flexibility index (Phi) is 7.23. The molecule has 0 aromatic heterocycles. The summed E-state index contributed by atoms with van der Waals surface area (Å²) in [5.41, 5.74) is 0. The summed E-state index contributed by atoms with van der Waals surface area (Å²) in [6.07, 6.45) is 0. The molecule has 0 saturated heterocycles. The molecule has 0 atom stereocenters. The van der Waals surface area contributed by atoms with Crippen molar-refractivity contribution < 1.29 is 0 Å². The minimum Gasteiger partial charge on any atom is -0.305 e. The molecule has 0 unspecified atom stereocenters. The zero-order valence-electron chi connectivity index (χ0n) is 9.88. The second-order valence-electron chi connectivity index (χ2n) is 3.83. The van der Waals surface area contributed by atoms with E-state index < -0.39 is 0 Å². The maximum atomic E-state index is 2.45. The van der Waals surface area contributed by atoms with E-state index in [1.807, 2.05) is 0 Å². The lowest BCUT2D eigenvalue weighted by atomic mass is 10.4. The van der Waals surface area contributed by atoms with Crippen molar-refractivity contribution in [1.82, 2.24) is 14.7 Å². The van der Waals surface area contributed by atoms with Crippen LogP contribution in [0.4, 0.5) is 0 Å². The van der Waals surface area contributed by atoms with Crippen molar-refractivity contribution in [3.63, 3.8) is 0 Å². The Hall–Kier alpha value is -0.120. The minimum absolute atomic E-state index is 1.06. The first kappa shape index (κ1) is 12.9. The maximum absolute atomic E-state index is 2.45. The number of likely N-dealkylation sites (N-methyl/N-ethyl adjacent to an activating group) is 2. The molecule has 3 nitrogen and oxygen atoms in total. The minimum atomic E-state index is 1.06. The normalized spacial score (nSPS) is 12.0. The fraction of sp³-hybridized carbons (Fsp3) is 1.00. The molecule has 0 aliphatic rings. The molecule has 0 radical (unpaired) electrons. The zero-order chi connectivity index (χ0) is 10.3. The third kappa shape index (κ3) is 6.99. The molecular weight excluding hydrogens is 162 g/mol. The second-order valence-corrected chi connectivity index (χ2v) is 3.83. The van der Waals surface area contributed by atoms with Gasteiger partial charge < -0.3 is 4.90 Å². The molecule has 0 aliphatic heterocycles. The number of rotatable bonds is 7. The van der Waals surface area contributed by atoms with E-state index in [9.17, 15) is 0 Å². The van der Waals surface area contributed by atoms with Crippen LogP contribution in [0.3, 0.4) is 0 Å². The van der Waals surface area contributed by atoms with Crippen LogP contribution in [0, 0.1) is 0 Å². The molecule has 0 aromatic rings. The molecule has 0 aromatic carbocycles. The summed E-state index contributed by atoms with van der Waals surface area (Å²) in [5.74, 6) is 0. The highest BCUT2D eigenvalue weighted by Crippen LogP contribution is 1.90. The molecule has 0 aliphatic carbocycles. The molecule has 0 saturated carbocycles. The first-order chi connectivity index (χ1) is 6.10. The van der Waals surface area contributed by atoms with Crippen LogP contribution < -0.4 is 0 Å². The van der Waals surface area contributed by atoms with E-state index in [1.165, 1.54) is 6.54 Å². The molecule has 3 heteroatoms. The number of hydrogen-bond donors (Lipinski definition) is 0. The maximum Gasteiger partial charge on any atom is 0.0501 e. The SMILES string of the molecule is CCN(C)CCN(CC)CN(C)C. The molecule has 0 heterocycles. The zero-order valence-corrected chi connectivity index (χ0v) is 9.88. The predicted octanol–water partition coefficient (Wildman–Crippen LogP) is 0.779. The first-order valence-corrected chi connectivity index (χ1v) is 5.15. The Bertz CT molecular complexity index is 115. The lowest BCUT2D eigenvalue weighted by Gasteiger charge is -2.26. The van der Waals surface area contributed by atoms with Gasteiger partial charge in [0.1, 0.15) is 0 Å². The van der Waals surface area contributed by atoms with Gasteiger partial charge in [-0.25, -0.2) is 0 Å². The van der Waals surface area contributed by atoms with Crippen molar-refractivity contribution in [3.05, 3.63) is 0 Å². The molecule has 0 spiro atoms. The van der Waals surface area contributed by atoms with Gasteiger partial charge in [0.15, 0.2) is 0 Å². The fourth-order valence-electron chi connectivity index (χ4n) is 1.20. The van der Waals surface area contributed by atoms with Gasteiger partial charge in [-0.2, -0.15) is 0 Å². The van der Waals surface area contributed by atoms with Crippen LogP contribution in [-0.4, -0.2) is 68.7 Å². The van der Waals surface area contributed by atoms with Crippen LogP contribution in [0.1, 0.15) is 13.8 Å². The van der Waals surface area contributed by atoms with Gasteiger partial charge in [0.25, 0.3) is 0 Å². The molecule has 0 bridgehead atoms. The summed E-state index contributed by atoms with van der Waals surface area (Å²) in [5, 5.41) is 0. The second kappa shape index (κ2) is 7.30. The van der Waals surface area contributed by atoms with Crippen LogP contribution in [0.5, 0.6) is 0 Å². The van der Waals surface area contributed by atoms with Gasteiger partial charge in [-0.05, 0) is 34.2 Å². The average Bonchev–Trinajstić information content (AvgIpc) is 2.10. The highest BCUT2D eigenvalue weighted by Gasteiger charge is 2.03. The fourth-order valence-corrected chi connectivity index (χ4v) is 1.20. The molecule has 0 amide bonds. The molecule has 0 rings (SSSR count). The molecular formula is C10H25N3. The summed E-state index contributed by atoms with van der Waals surface area (Å²) in [4.78, 5) is 7.01. The smallest absolute Gasteiger partial charge is 0.0501 e. The lowest BCUT2D eigenvalue weighted by molar-refractivity contribution is 0.165. The van der Waals surface area contributed by atoms with Gasteiger partial charge in [0.2, 0.25) is 0 Å². The van der Waals surface area contributed by atoms with Crippen molar-refractivity contribution >= 4 is 0 Å². The van der Waals surface area contributed by atoms with E-state index in [0.717, 1.165) is 26.3 Å². The van der Waals surface area contributed by atoms with Crippen LogP contribution in [0.15, 0.2) is 0 Å². The summed E-state index contributed by atoms with van der Waals surface area (Å²) in [6.45, 7) is 10.1. The van der Waals surface area contributed by atoms with Crippen molar-refractivity contribution in [2.24, 2.45) is 0 Å². The van der Waals surface area contributed by atoms with Gasteiger partial charge in [-0.3, -0.25) is 9.80 Å². The molecule has 0 fully saturated rings. The largest absolute Gasteiger partial charge is 0.305 e.